The summed E-state index contributed by atoms with van der Waals surface area (Å²) >= 11 is 1.47. The standard InChI is InChI=1S/C25H31N3O5S/c1-7-10-33-19-9-8-17(21(29)13-19)14-26-28-20(15-34-25(28)27-16(2)3)18-11-22(30-4)24(32-6)23(12-18)31-5/h8-9,11-16,29H,7,10H2,1-6H3. The molecule has 0 aliphatic carbocycles. The summed E-state index contributed by atoms with van der Waals surface area (Å²) in [6, 6.07) is 8.99. The van der Waals surface area contributed by atoms with Crippen LogP contribution in [0.5, 0.6) is 28.7 Å². The van der Waals surface area contributed by atoms with Gasteiger partial charge in [0, 0.05) is 28.6 Å². The second-order valence-corrected chi connectivity index (χ2v) is 8.50. The molecule has 0 aliphatic heterocycles. The van der Waals surface area contributed by atoms with E-state index in [0.717, 1.165) is 22.5 Å². The van der Waals surface area contributed by atoms with E-state index in [1.807, 2.05) is 44.4 Å². The monoisotopic (exact) mass is 485 g/mol. The van der Waals surface area contributed by atoms with E-state index in [9.17, 15) is 5.11 Å². The van der Waals surface area contributed by atoms with Gasteiger partial charge in [-0.15, -0.1) is 11.3 Å². The number of phenolic OH excluding ortho intramolecular Hbond substituents is 1. The van der Waals surface area contributed by atoms with Crippen LogP contribution in [0, 0.1) is 0 Å². The average molecular weight is 486 g/mol. The van der Waals surface area contributed by atoms with E-state index in [1.54, 1.807) is 44.4 Å². The highest BCUT2D eigenvalue weighted by atomic mass is 32.1. The van der Waals surface area contributed by atoms with Crippen LogP contribution in [0.25, 0.3) is 11.3 Å². The number of ether oxygens (including phenoxy) is 4. The van der Waals surface area contributed by atoms with Crippen molar-refractivity contribution in [2.75, 3.05) is 27.9 Å². The third-order valence-corrected chi connectivity index (χ3v) is 5.63. The molecule has 9 heteroatoms. The molecule has 0 spiro atoms. The van der Waals surface area contributed by atoms with E-state index in [4.69, 9.17) is 23.9 Å². The minimum atomic E-state index is 0.0799. The second-order valence-electron chi connectivity index (χ2n) is 7.67. The smallest absolute Gasteiger partial charge is 0.206 e. The lowest BCUT2D eigenvalue weighted by atomic mass is 10.1. The molecule has 0 radical (unpaired) electrons. The molecule has 0 bridgehead atoms. The highest BCUT2D eigenvalue weighted by Crippen LogP contribution is 2.41. The number of hydrogen-bond donors (Lipinski definition) is 1. The van der Waals surface area contributed by atoms with Gasteiger partial charge in [0.2, 0.25) is 10.6 Å². The van der Waals surface area contributed by atoms with Gasteiger partial charge in [-0.2, -0.15) is 5.10 Å². The average Bonchev–Trinajstić information content (AvgIpc) is 3.22. The Labute approximate surface area is 203 Å². The van der Waals surface area contributed by atoms with Crippen molar-refractivity contribution in [2.24, 2.45) is 10.1 Å². The minimum absolute atomic E-state index is 0.0799. The van der Waals surface area contributed by atoms with Crippen LogP contribution in [-0.2, 0) is 0 Å². The molecule has 0 saturated carbocycles. The third-order valence-electron chi connectivity index (χ3n) is 4.80. The zero-order valence-electron chi connectivity index (χ0n) is 20.4. The Bertz CT molecular complexity index is 1190. The SMILES string of the molecule is CCCOc1ccc(C=Nn2c(-c3cc(OC)c(OC)c(OC)c3)csc2=NC(C)C)c(O)c1. The largest absolute Gasteiger partial charge is 0.507 e. The molecule has 0 fully saturated rings. The lowest BCUT2D eigenvalue weighted by molar-refractivity contribution is 0.315. The summed E-state index contributed by atoms with van der Waals surface area (Å²) < 4.78 is 23.8. The summed E-state index contributed by atoms with van der Waals surface area (Å²) in [6.07, 6.45) is 2.50. The number of hydrogen-bond acceptors (Lipinski definition) is 8. The molecule has 182 valence electrons. The van der Waals surface area contributed by atoms with E-state index in [1.165, 1.54) is 11.3 Å². The van der Waals surface area contributed by atoms with Crippen molar-refractivity contribution >= 4 is 17.6 Å². The molecular weight excluding hydrogens is 454 g/mol. The van der Waals surface area contributed by atoms with E-state index in [-0.39, 0.29) is 11.8 Å². The van der Waals surface area contributed by atoms with Crippen molar-refractivity contribution in [2.45, 2.75) is 33.2 Å². The zero-order valence-corrected chi connectivity index (χ0v) is 21.2. The fraction of sp³-hybridized carbons (Fsp3) is 0.360. The summed E-state index contributed by atoms with van der Waals surface area (Å²) in [5, 5.41) is 17.1. The lowest BCUT2D eigenvalue weighted by Crippen LogP contribution is -2.14. The maximum atomic E-state index is 10.5. The molecule has 0 amide bonds. The number of nitrogens with zero attached hydrogens (tertiary/aromatic N) is 3. The fourth-order valence-electron chi connectivity index (χ4n) is 3.21. The first-order valence-corrected chi connectivity index (χ1v) is 11.8. The van der Waals surface area contributed by atoms with Gasteiger partial charge in [-0.05, 0) is 44.5 Å². The Balaban J connectivity index is 2.09. The lowest BCUT2D eigenvalue weighted by Gasteiger charge is -2.14. The van der Waals surface area contributed by atoms with Crippen LogP contribution in [0.4, 0.5) is 0 Å². The zero-order chi connectivity index (χ0) is 24.7. The molecule has 8 nitrogen and oxygen atoms in total. The Hall–Kier alpha value is -3.46. The highest BCUT2D eigenvalue weighted by molar-refractivity contribution is 7.07. The molecule has 1 heterocycles. The number of phenols is 1. The molecule has 34 heavy (non-hydrogen) atoms. The maximum absolute atomic E-state index is 10.5. The Morgan fingerprint density at radius 1 is 1.06 bits per heavy atom. The Morgan fingerprint density at radius 3 is 2.32 bits per heavy atom. The number of methoxy groups -OCH3 is 3. The van der Waals surface area contributed by atoms with E-state index in [0.29, 0.717) is 35.2 Å². The predicted molar refractivity (Wildman–Crippen MR) is 135 cm³/mol. The first kappa shape index (κ1) is 25.2. The number of benzene rings is 2. The summed E-state index contributed by atoms with van der Waals surface area (Å²) in [7, 11) is 4.73. The normalized spacial score (nSPS) is 11.9. The van der Waals surface area contributed by atoms with Gasteiger partial charge < -0.3 is 24.1 Å². The van der Waals surface area contributed by atoms with Crippen LogP contribution in [0.3, 0.4) is 0 Å². The van der Waals surface area contributed by atoms with Gasteiger partial charge in [0.05, 0.1) is 39.8 Å². The van der Waals surface area contributed by atoms with Crippen LogP contribution in [-0.4, -0.2) is 50.0 Å². The van der Waals surface area contributed by atoms with E-state index < -0.39 is 0 Å². The molecule has 0 aliphatic rings. The van der Waals surface area contributed by atoms with E-state index >= 15 is 0 Å². The molecule has 0 atom stereocenters. The van der Waals surface area contributed by atoms with Crippen molar-refractivity contribution in [3.05, 3.63) is 46.1 Å². The Kier molecular flexibility index (Phi) is 8.59. The highest BCUT2D eigenvalue weighted by Gasteiger charge is 2.17. The van der Waals surface area contributed by atoms with Crippen molar-refractivity contribution < 1.29 is 24.1 Å². The molecule has 1 N–H and O–H groups in total. The first-order chi connectivity index (χ1) is 16.4. The molecule has 2 aromatic carbocycles. The summed E-state index contributed by atoms with van der Waals surface area (Å²) in [6.45, 7) is 6.64. The maximum Gasteiger partial charge on any atom is 0.206 e. The Morgan fingerprint density at radius 2 is 1.76 bits per heavy atom. The van der Waals surface area contributed by atoms with Crippen LogP contribution in [0.1, 0.15) is 32.8 Å². The first-order valence-electron chi connectivity index (χ1n) is 11.0. The fourth-order valence-corrected chi connectivity index (χ4v) is 4.18. The number of rotatable bonds is 10. The quantitative estimate of drug-likeness (QED) is 0.412. The van der Waals surface area contributed by atoms with Gasteiger partial charge >= 0.3 is 0 Å². The van der Waals surface area contributed by atoms with Crippen molar-refractivity contribution in [3.63, 3.8) is 0 Å². The summed E-state index contributed by atoms with van der Waals surface area (Å²) in [5.41, 5.74) is 2.18. The van der Waals surface area contributed by atoms with E-state index in [2.05, 4.69) is 5.10 Å². The van der Waals surface area contributed by atoms with Gasteiger partial charge in [0.15, 0.2) is 11.5 Å². The van der Waals surface area contributed by atoms with Crippen LogP contribution in [0.15, 0.2) is 45.8 Å². The molecule has 3 rings (SSSR count). The van der Waals surface area contributed by atoms with Crippen LogP contribution < -0.4 is 23.7 Å². The van der Waals surface area contributed by atoms with Gasteiger partial charge in [-0.25, -0.2) is 4.68 Å². The molecule has 3 aromatic rings. The van der Waals surface area contributed by atoms with Crippen molar-refractivity contribution in [1.29, 1.82) is 0 Å². The number of aromatic nitrogens is 1. The predicted octanol–water partition coefficient (Wildman–Crippen LogP) is 4.93. The van der Waals surface area contributed by atoms with Crippen LogP contribution in [0.2, 0.25) is 0 Å². The topological polar surface area (TPSA) is 86.8 Å². The molecule has 0 saturated heterocycles. The van der Waals surface area contributed by atoms with Crippen LogP contribution >= 0.6 is 11.3 Å². The molecule has 1 aromatic heterocycles. The van der Waals surface area contributed by atoms with Gasteiger partial charge in [-0.3, -0.25) is 4.99 Å². The van der Waals surface area contributed by atoms with Gasteiger partial charge in [0.1, 0.15) is 11.5 Å². The third kappa shape index (κ3) is 5.72. The molecule has 0 unspecified atom stereocenters. The molecular formula is C25H31N3O5S. The van der Waals surface area contributed by atoms with Crippen molar-refractivity contribution in [1.82, 2.24) is 4.68 Å². The van der Waals surface area contributed by atoms with Gasteiger partial charge in [-0.1, -0.05) is 6.92 Å². The van der Waals surface area contributed by atoms with Crippen molar-refractivity contribution in [3.8, 4) is 40.0 Å². The summed E-state index contributed by atoms with van der Waals surface area (Å²) in [4.78, 5) is 5.42. The second kappa shape index (κ2) is 11.6. The number of aromatic hydroxyl groups is 1. The minimum Gasteiger partial charge on any atom is -0.507 e. The van der Waals surface area contributed by atoms with Gasteiger partial charge in [0.25, 0.3) is 0 Å². The summed E-state index contributed by atoms with van der Waals surface area (Å²) in [5.74, 6) is 2.31. The number of thiazole rings is 1.